The van der Waals surface area contributed by atoms with Crippen LogP contribution in [0.2, 0.25) is 0 Å². The lowest BCUT2D eigenvalue weighted by Gasteiger charge is -2.10. The van der Waals surface area contributed by atoms with Crippen molar-refractivity contribution >= 4 is 40.1 Å². The Balaban J connectivity index is 2.75. The fraction of sp³-hybridized carbons (Fsp3) is 0.600. The van der Waals surface area contributed by atoms with Crippen molar-refractivity contribution in [3.63, 3.8) is 0 Å². The van der Waals surface area contributed by atoms with Gasteiger partial charge in [-0.25, -0.2) is 4.79 Å². The van der Waals surface area contributed by atoms with Gasteiger partial charge in [-0.15, -0.1) is 0 Å². The molecule has 1 aromatic rings. The number of rotatable bonds is 6. The molecule has 96 valence electrons. The van der Waals surface area contributed by atoms with Crippen LogP contribution in [0.3, 0.4) is 0 Å². The number of thioether (sulfide) groups is 1. The van der Waals surface area contributed by atoms with E-state index in [4.69, 9.17) is 10.5 Å². The highest BCUT2D eigenvalue weighted by molar-refractivity contribution is 7.99. The van der Waals surface area contributed by atoms with Crippen molar-refractivity contribution in [1.29, 1.82) is 0 Å². The van der Waals surface area contributed by atoms with Crippen molar-refractivity contribution in [3.05, 3.63) is 5.56 Å². The molecular weight excluding hydrogens is 258 g/mol. The molecule has 1 unspecified atom stereocenters. The molecule has 0 radical (unpaired) electrons. The van der Waals surface area contributed by atoms with Crippen molar-refractivity contribution in [2.45, 2.75) is 19.1 Å². The number of hydrogen-bond donors (Lipinski definition) is 2. The van der Waals surface area contributed by atoms with Crippen LogP contribution in [0.5, 0.6) is 0 Å². The first-order valence-electron chi connectivity index (χ1n) is 5.29. The Kier molecular flexibility index (Phi) is 5.57. The topological polar surface area (TPSA) is 77.2 Å². The molecule has 0 spiro atoms. The average Bonchev–Trinajstić information content (AvgIpc) is 2.67. The predicted octanol–water partition coefficient (Wildman–Crippen LogP) is 2.07. The van der Waals surface area contributed by atoms with Gasteiger partial charge in [-0.2, -0.15) is 16.1 Å². The molecule has 1 heterocycles. The predicted molar refractivity (Wildman–Crippen MR) is 73.9 cm³/mol. The summed E-state index contributed by atoms with van der Waals surface area (Å²) in [5.41, 5.74) is 6.02. The third-order valence-electron chi connectivity index (χ3n) is 2.15. The van der Waals surface area contributed by atoms with E-state index in [1.807, 2.05) is 6.26 Å². The Bertz CT molecular complexity index is 382. The van der Waals surface area contributed by atoms with Gasteiger partial charge in [0.2, 0.25) is 0 Å². The van der Waals surface area contributed by atoms with E-state index in [1.54, 1.807) is 18.7 Å². The Labute approximate surface area is 109 Å². The molecule has 0 aliphatic rings. The van der Waals surface area contributed by atoms with Gasteiger partial charge in [0, 0.05) is 11.8 Å². The summed E-state index contributed by atoms with van der Waals surface area (Å²) < 4.78 is 8.92. The van der Waals surface area contributed by atoms with Crippen molar-refractivity contribution in [1.82, 2.24) is 4.37 Å². The molecule has 5 nitrogen and oxygen atoms in total. The van der Waals surface area contributed by atoms with Crippen LogP contribution in [-0.4, -0.2) is 35.0 Å². The molecule has 0 amide bonds. The van der Waals surface area contributed by atoms with Gasteiger partial charge in [0.05, 0.1) is 6.61 Å². The first kappa shape index (κ1) is 14.1. The molecule has 0 saturated heterocycles. The summed E-state index contributed by atoms with van der Waals surface area (Å²) >= 11 is 2.94. The second-order valence-electron chi connectivity index (χ2n) is 3.42. The highest BCUT2D eigenvalue weighted by atomic mass is 32.2. The summed E-state index contributed by atoms with van der Waals surface area (Å²) in [5.74, 6) is -0.189. The highest BCUT2D eigenvalue weighted by Crippen LogP contribution is 2.27. The van der Waals surface area contributed by atoms with Crippen LogP contribution in [0.4, 0.5) is 10.8 Å². The lowest BCUT2D eigenvalue weighted by Crippen LogP contribution is -2.15. The molecule has 0 aliphatic heterocycles. The summed E-state index contributed by atoms with van der Waals surface area (Å²) in [6.45, 7) is 4.95. The molecule has 0 saturated carbocycles. The maximum absolute atomic E-state index is 11.7. The Hall–Kier alpha value is -0.950. The van der Waals surface area contributed by atoms with Gasteiger partial charge >= 0.3 is 5.97 Å². The van der Waals surface area contributed by atoms with Crippen LogP contribution in [-0.2, 0) is 4.74 Å². The average molecular weight is 275 g/mol. The molecular formula is C10H17N3O2S2. The van der Waals surface area contributed by atoms with Gasteiger partial charge in [0.1, 0.15) is 10.6 Å². The van der Waals surface area contributed by atoms with Crippen LogP contribution >= 0.6 is 23.3 Å². The van der Waals surface area contributed by atoms with Gasteiger partial charge in [0.25, 0.3) is 0 Å². The molecule has 7 heteroatoms. The Morgan fingerprint density at radius 1 is 1.71 bits per heavy atom. The van der Waals surface area contributed by atoms with E-state index in [9.17, 15) is 4.79 Å². The molecule has 3 N–H and O–H groups in total. The van der Waals surface area contributed by atoms with Gasteiger partial charge in [-0.05, 0) is 24.7 Å². The summed E-state index contributed by atoms with van der Waals surface area (Å²) in [6.07, 6.45) is 2.04. The van der Waals surface area contributed by atoms with E-state index in [1.165, 1.54) is 11.5 Å². The first-order valence-corrected chi connectivity index (χ1v) is 7.35. The van der Waals surface area contributed by atoms with Gasteiger partial charge in [-0.3, -0.25) is 0 Å². The van der Waals surface area contributed by atoms with Gasteiger partial charge in [-0.1, -0.05) is 6.92 Å². The maximum atomic E-state index is 11.7. The van der Waals surface area contributed by atoms with Crippen molar-refractivity contribution in [2.75, 3.05) is 30.5 Å². The van der Waals surface area contributed by atoms with Gasteiger partial charge < -0.3 is 15.8 Å². The second-order valence-corrected chi connectivity index (χ2v) is 5.47. The number of nitrogens with one attached hydrogen (secondary N) is 1. The Morgan fingerprint density at radius 3 is 3.00 bits per heavy atom. The summed E-state index contributed by atoms with van der Waals surface area (Å²) in [6, 6.07) is 0. The molecule has 1 rings (SSSR count). The Morgan fingerprint density at radius 2 is 2.41 bits per heavy atom. The lowest BCUT2D eigenvalue weighted by molar-refractivity contribution is 0.0529. The number of esters is 1. The van der Waals surface area contributed by atoms with E-state index in [2.05, 4.69) is 16.6 Å². The maximum Gasteiger partial charge on any atom is 0.344 e. The normalized spacial score (nSPS) is 12.2. The molecule has 0 aromatic carbocycles. The van der Waals surface area contributed by atoms with Crippen LogP contribution in [0.25, 0.3) is 0 Å². The largest absolute Gasteiger partial charge is 0.462 e. The van der Waals surface area contributed by atoms with Crippen molar-refractivity contribution in [3.8, 4) is 0 Å². The quantitative estimate of drug-likeness (QED) is 0.774. The van der Waals surface area contributed by atoms with Crippen LogP contribution in [0.1, 0.15) is 24.2 Å². The molecule has 0 fully saturated rings. The first-order chi connectivity index (χ1) is 8.10. The number of nitrogens with zero attached hydrogens (tertiary/aromatic N) is 1. The minimum atomic E-state index is -0.418. The van der Waals surface area contributed by atoms with E-state index < -0.39 is 5.97 Å². The zero-order valence-electron chi connectivity index (χ0n) is 10.1. The van der Waals surface area contributed by atoms with Crippen LogP contribution in [0.15, 0.2) is 0 Å². The fourth-order valence-corrected chi connectivity index (χ4v) is 2.10. The minimum Gasteiger partial charge on any atom is -0.462 e. The van der Waals surface area contributed by atoms with E-state index in [-0.39, 0.29) is 5.82 Å². The molecule has 17 heavy (non-hydrogen) atoms. The second kappa shape index (κ2) is 6.70. The van der Waals surface area contributed by atoms with Crippen LogP contribution in [0, 0.1) is 0 Å². The third kappa shape index (κ3) is 3.78. The number of hydrogen-bond acceptors (Lipinski definition) is 7. The summed E-state index contributed by atoms with van der Waals surface area (Å²) in [4.78, 5) is 11.7. The lowest BCUT2D eigenvalue weighted by atomic mass is 10.3. The SMILES string of the molecule is CCOC(=O)c1c(N)nsc1NCC(C)SC. The molecule has 1 aromatic heterocycles. The number of nitrogen functional groups attached to an aromatic ring is 1. The number of ether oxygens (including phenoxy) is 1. The van der Waals surface area contributed by atoms with E-state index >= 15 is 0 Å². The summed E-state index contributed by atoms with van der Waals surface area (Å²) in [5, 5.41) is 4.31. The third-order valence-corrected chi connectivity index (χ3v) is 3.94. The minimum absolute atomic E-state index is 0.229. The zero-order valence-corrected chi connectivity index (χ0v) is 11.8. The van der Waals surface area contributed by atoms with E-state index in [0.29, 0.717) is 22.4 Å². The summed E-state index contributed by atoms with van der Waals surface area (Å²) in [7, 11) is 0. The smallest absolute Gasteiger partial charge is 0.344 e. The number of aromatic nitrogens is 1. The fourth-order valence-electron chi connectivity index (χ4n) is 1.14. The monoisotopic (exact) mass is 275 g/mol. The molecule has 0 bridgehead atoms. The standard InChI is InChI=1S/C10H17N3O2S2/c1-4-15-10(14)7-8(11)13-17-9(7)12-5-6(2)16-3/h6,12H,4-5H2,1-3H3,(H2,11,13). The van der Waals surface area contributed by atoms with E-state index in [0.717, 1.165) is 6.54 Å². The number of nitrogens with two attached hydrogens (primary N) is 1. The van der Waals surface area contributed by atoms with Crippen LogP contribution < -0.4 is 11.1 Å². The zero-order chi connectivity index (χ0) is 12.8. The van der Waals surface area contributed by atoms with Crippen molar-refractivity contribution in [2.24, 2.45) is 0 Å². The molecule has 0 aliphatic carbocycles. The number of carbonyl (C=O) groups is 1. The highest BCUT2D eigenvalue weighted by Gasteiger charge is 2.20. The van der Waals surface area contributed by atoms with Crippen molar-refractivity contribution < 1.29 is 9.53 Å². The number of anilines is 2. The van der Waals surface area contributed by atoms with Gasteiger partial charge in [0.15, 0.2) is 5.82 Å². The molecule has 1 atom stereocenters. The number of carbonyl (C=O) groups excluding carboxylic acids is 1.